The number of aryl methyl sites for hydroxylation is 1. The highest BCUT2D eigenvalue weighted by atomic mass is 79.9. The van der Waals surface area contributed by atoms with E-state index in [1.807, 2.05) is 48.5 Å². The van der Waals surface area contributed by atoms with E-state index < -0.39 is 0 Å². The molecule has 0 bridgehead atoms. The van der Waals surface area contributed by atoms with E-state index in [0.717, 1.165) is 44.2 Å². The molecular formula is C24H22Br2O3. The van der Waals surface area contributed by atoms with Crippen molar-refractivity contribution in [2.24, 2.45) is 0 Å². The van der Waals surface area contributed by atoms with Crippen LogP contribution in [0.4, 0.5) is 0 Å². The minimum atomic E-state index is -0.319. The van der Waals surface area contributed by atoms with E-state index in [0.29, 0.717) is 18.8 Å². The summed E-state index contributed by atoms with van der Waals surface area (Å²) in [6.07, 6.45) is 1.62. The number of hydrogen-bond acceptors (Lipinski definition) is 3. The van der Waals surface area contributed by atoms with Gasteiger partial charge in [0.1, 0.15) is 12.4 Å². The van der Waals surface area contributed by atoms with E-state index in [9.17, 15) is 4.79 Å². The van der Waals surface area contributed by atoms with Crippen molar-refractivity contribution in [2.75, 3.05) is 6.61 Å². The Labute approximate surface area is 188 Å². The Hall–Kier alpha value is -2.11. The van der Waals surface area contributed by atoms with E-state index >= 15 is 0 Å². The summed E-state index contributed by atoms with van der Waals surface area (Å²) < 4.78 is 12.9. The van der Waals surface area contributed by atoms with Gasteiger partial charge in [-0.15, -0.1) is 0 Å². The van der Waals surface area contributed by atoms with Crippen LogP contribution in [0.15, 0.2) is 75.7 Å². The van der Waals surface area contributed by atoms with Gasteiger partial charge < -0.3 is 9.47 Å². The third-order valence-electron chi connectivity index (χ3n) is 4.51. The Balaban J connectivity index is 1.71. The Kier molecular flexibility index (Phi) is 7.90. The van der Waals surface area contributed by atoms with Gasteiger partial charge in [-0.05, 0) is 54.7 Å². The highest BCUT2D eigenvalue weighted by Gasteiger charge is 2.14. The minimum absolute atomic E-state index is 0.319. The van der Waals surface area contributed by atoms with Crippen LogP contribution in [0.1, 0.15) is 34.0 Å². The van der Waals surface area contributed by atoms with Crippen LogP contribution in [0.3, 0.4) is 0 Å². The number of para-hydroxylation sites is 1. The fraction of sp³-hybridized carbons (Fsp3) is 0.208. The topological polar surface area (TPSA) is 35.5 Å². The zero-order valence-electron chi connectivity index (χ0n) is 16.2. The van der Waals surface area contributed by atoms with Gasteiger partial charge in [0.25, 0.3) is 0 Å². The normalized spacial score (nSPS) is 10.6. The third kappa shape index (κ3) is 5.94. The predicted octanol–water partition coefficient (Wildman–Crippen LogP) is 6.75. The van der Waals surface area contributed by atoms with E-state index in [1.165, 1.54) is 0 Å². The van der Waals surface area contributed by atoms with Gasteiger partial charge >= 0.3 is 5.97 Å². The number of esters is 1. The molecule has 0 saturated heterocycles. The number of carbonyl (C=O) groups is 1. The van der Waals surface area contributed by atoms with Crippen molar-refractivity contribution in [1.29, 1.82) is 0 Å². The largest absolute Gasteiger partial charge is 0.489 e. The maximum absolute atomic E-state index is 12.0. The van der Waals surface area contributed by atoms with Crippen LogP contribution in [0.2, 0.25) is 0 Å². The number of halogens is 2. The first-order chi connectivity index (χ1) is 14.1. The van der Waals surface area contributed by atoms with Crippen LogP contribution in [0, 0.1) is 0 Å². The lowest BCUT2D eigenvalue weighted by atomic mass is 10.0. The van der Waals surface area contributed by atoms with Crippen molar-refractivity contribution in [3.8, 4) is 5.75 Å². The molecule has 29 heavy (non-hydrogen) atoms. The van der Waals surface area contributed by atoms with Crippen LogP contribution in [-0.2, 0) is 24.2 Å². The molecule has 0 aliphatic rings. The number of rotatable bonds is 8. The Morgan fingerprint density at radius 2 is 1.55 bits per heavy atom. The molecule has 0 aliphatic heterocycles. The van der Waals surface area contributed by atoms with E-state index in [1.54, 1.807) is 6.92 Å². The van der Waals surface area contributed by atoms with Crippen molar-refractivity contribution in [3.63, 3.8) is 0 Å². The van der Waals surface area contributed by atoms with Crippen molar-refractivity contribution in [1.82, 2.24) is 0 Å². The van der Waals surface area contributed by atoms with Crippen LogP contribution in [-0.4, -0.2) is 12.6 Å². The number of benzene rings is 3. The predicted molar refractivity (Wildman–Crippen MR) is 122 cm³/mol. The summed E-state index contributed by atoms with van der Waals surface area (Å²) in [6, 6.07) is 21.9. The summed E-state index contributed by atoms with van der Waals surface area (Å²) in [5, 5.41) is 0. The van der Waals surface area contributed by atoms with Gasteiger partial charge in [-0.25, -0.2) is 4.79 Å². The van der Waals surface area contributed by atoms with Crippen LogP contribution in [0.5, 0.6) is 5.75 Å². The molecule has 0 atom stereocenters. The van der Waals surface area contributed by atoms with Crippen molar-refractivity contribution in [3.05, 3.63) is 97.9 Å². The summed E-state index contributed by atoms with van der Waals surface area (Å²) in [5.41, 5.74) is 3.93. The standard InChI is InChI=1S/C24H22Br2O3/c1-2-28-24(27)19-14-21(25)20(22(26)15-19)13-12-18-10-6-7-11-23(18)29-16-17-8-4-3-5-9-17/h3-11,14-15H,2,12-13,16H2,1H3. The SMILES string of the molecule is CCOC(=O)c1cc(Br)c(CCc2ccccc2OCc2ccccc2)c(Br)c1. The highest BCUT2D eigenvalue weighted by molar-refractivity contribution is 9.11. The fourth-order valence-corrected chi connectivity index (χ4v) is 4.60. The van der Waals surface area contributed by atoms with Gasteiger partial charge in [-0.2, -0.15) is 0 Å². The number of hydrogen-bond donors (Lipinski definition) is 0. The molecule has 3 rings (SSSR count). The zero-order chi connectivity index (χ0) is 20.6. The zero-order valence-corrected chi connectivity index (χ0v) is 19.3. The molecule has 0 aliphatic carbocycles. The summed E-state index contributed by atoms with van der Waals surface area (Å²) >= 11 is 7.20. The highest BCUT2D eigenvalue weighted by Crippen LogP contribution is 2.30. The molecule has 0 fully saturated rings. The second-order valence-corrected chi connectivity index (χ2v) is 8.23. The summed E-state index contributed by atoms with van der Waals surface area (Å²) in [7, 11) is 0. The molecule has 0 unspecified atom stereocenters. The van der Waals surface area contributed by atoms with Gasteiger partial charge in [-0.3, -0.25) is 0 Å². The molecule has 150 valence electrons. The lowest BCUT2D eigenvalue weighted by molar-refractivity contribution is 0.0526. The van der Waals surface area contributed by atoms with Crippen LogP contribution >= 0.6 is 31.9 Å². The molecular weight excluding hydrogens is 496 g/mol. The van der Waals surface area contributed by atoms with Crippen molar-refractivity contribution >= 4 is 37.8 Å². The molecule has 0 aromatic heterocycles. The van der Waals surface area contributed by atoms with Gasteiger partial charge in [0.2, 0.25) is 0 Å². The average molecular weight is 518 g/mol. The molecule has 3 aromatic carbocycles. The molecule has 0 radical (unpaired) electrons. The van der Waals surface area contributed by atoms with Crippen molar-refractivity contribution in [2.45, 2.75) is 26.4 Å². The van der Waals surface area contributed by atoms with E-state index in [4.69, 9.17) is 9.47 Å². The molecule has 5 heteroatoms. The van der Waals surface area contributed by atoms with Gasteiger partial charge in [0.15, 0.2) is 0 Å². The maximum Gasteiger partial charge on any atom is 0.338 e. The van der Waals surface area contributed by atoms with Gasteiger partial charge in [-0.1, -0.05) is 80.4 Å². The van der Waals surface area contributed by atoms with E-state index in [2.05, 4.69) is 50.1 Å². The van der Waals surface area contributed by atoms with Crippen LogP contribution < -0.4 is 4.74 Å². The first-order valence-corrected chi connectivity index (χ1v) is 11.1. The third-order valence-corrected chi connectivity index (χ3v) is 5.92. The summed E-state index contributed by atoms with van der Waals surface area (Å²) in [5.74, 6) is 0.576. The lowest BCUT2D eigenvalue weighted by Gasteiger charge is -2.13. The van der Waals surface area contributed by atoms with Crippen LogP contribution in [0.25, 0.3) is 0 Å². The molecule has 0 N–H and O–H groups in total. The molecule has 3 nitrogen and oxygen atoms in total. The Morgan fingerprint density at radius 1 is 0.897 bits per heavy atom. The quantitative estimate of drug-likeness (QED) is 0.310. The minimum Gasteiger partial charge on any atom is -0.489 e. The average Bonchev–Trinajstić information content (AvgIpc) is 2.73. The van der Waals surface area contributed by atoms with Crippen molar-refractivity contribution < 1.29 is 14.3 Å². The molecule has 0 saturated carbocycles. The number of carbonyl (C=O) groups excluding carboxylic acids is 1. The first-order valence-electron chi connectivity index (χ1n) is 9.48. The lowest BCUT2D eigenvalue weighted by Crippen LogP contribution is -2.06. The molecule has 0 spiro atoms. The monoisotopic (exact) mass is 516 g/mol. The van der Waals surface area contributed by atoms with E-state index in [-0.39, 0.29) is 5.97 Å². The number of ether oxygens (including phenoxy) is 2. The summed E-state index contributed by atoms with van der Waals surface area (Å²) in [6.45, 7) is 2.70. The van der Waals surface area contributed by atoms with Gasteiger partial charge in [0.05, 0.1) is 12.2 Å². The van der Waals surface area contributed by atoms with Gasteiger partial charge in [0, 0.05) is 8.95 Å². The fourth-order valence-electron chi connectivity index (χ4n) is 3.02. The second-order valence-electron chi connectivity index (χ2n) is 6.52. The Morgan fingerprint density at radius 3 is 2.24 bits per heavy atom. The first kappa shape index (κ1) is 21.6. The second kappa shape index (κ2) is 10.6. The molecule has 0 heterocycles. The molecule has 0 amide bonds. The smallest absolute Gasteiger partial charge is 0.338 e. The maximum atomic E-state index is 12.0. The summed E-state index contributed by atoms with van der Waals surface area (Å²) in [4.78, 5) is 12.0. The Bertz CT molecular complexity index is 948. The molecule has 3 aromatic rings.